The maximum absolute atomic E-state index is 9.51. The Balaban J connectivity index is 1.54. The van der Waals surface area contributed by atoms with Gasteiger partial charge < -0.3 is 9.72 Å². The molecule has 0 radical (unpaired) electrons. The normalized spacial score (nSPS) is 14.6. The van der Waals surface area contributed by atoms with Crippen molar-refractivity contribution in [3.05, 3.63) is 77.0 Å². The molecule has 3 heterocycles. The smallest absolute Gasteiger partial charge is 0.138 e. The number of nitriles is 1. The van der Waals surface area contributed by atoms with Crippen molar-refractivity contribution in [3.8, 4) is 28.5 Å². The maximum Gasteiger partial charge on any atom is 0.138 e. The van der Waals surface area contributed by atoms with E-state index in [4.69, 9.17) is 4.74 Å². The fourth-order valence-electron chi connectivity index (χ4n) is 4.81. The Morgan fingerprint density at radius 3 is 2.65 bits per heavy atom. The Bertz CT molecular complexity index is 1370. The lowest BCUT2D eigenvalue weighted by Gasteiger charge is -2.26. The number of hydrogen-bond acceptors (Lipinski definition) is 4. The third-order valence-corrected chi connectivity index (χ3v) is 6.74. The van der Waals surface area contributed by atoms with E-state index in [0.717, 1.165) is 71.8 Å². The first-order valence-corrected chi connectivity index (χ1v) is 12.0. The lowest BCUT2D eigenvalue weighted by atomic mass is 9.92. The quantitative estimate of drug-likeness (QED) is 0.403. The Labute approximate surface area is 201 Å². The molecule has 5 rings (SSSR count). The molecule has 1 N–H and O–H groups in total. The molecule has 0 bridgehead atoms. The summed E-state index contributed by atoms with van der Waals surface area (Å²) in [4.78, 5) is 10.6. The molecule has 1 aliphatic heterocycles. The molecule has 34 heavy (non-hydrogen) atoms. The van der Waals surface area contributed by atoms with Crippen LogP contribution in [0.2, 0.25) is 0 Å². The SMILES string of the molecule is Cc1ccc(CN2CCOCC2)cc1-c1cc2c(-c3ccc(C#N)c(C(C)C)c3)ccnc2[nH]1. The second-order valence-corrected chi connectivity index (χ2v) is 9.41. The molecule has 4 aromatic rings. The molecule has 1 fully saturated rings. The van der Waals surface area contributed by atoms with Gasteiger partial charge in [-0.05, 0) is 71.0 Å². The van der Waals surface area contributed by atoms with Crippen LogP contribution in [0.3, 0.4) is 0 Å². The number of aryl methyl sites for hydroxylation is 1. The van der Waals surface area contributed by atoms with Crippen molar-refractivity contribution in [2.24, 2.45) is 0 Å². The summed E-state index contributed by atoms with van der Waals surface area (Å²) < 4.78 is 5.49. The summed E-state index contributed by atoms with van der Waals surface area (Å²) in [7, 11) is 0. The topological polar surface area (TPSA) is 64.9 Å². The Morgan fingerprint density at radius 1 is 1.06 bits per heavy atom. The Hall–Kier alpha value is -3.46. The highest BCUT2D eigenvalue weighted by Gasteiger charge is 2.15. The minimum Gasteiger partial charge on any atom is -0.379 e. The summed E-state index contributed by atoms with van der Waals surface area (Å²) in [6, 6.07) is 19.5. The predicted octanol–water partition coefficient (Wildman–Crippen LogP) is 6.03. The lowest BCUT2D eigenvalue weighted by molar-refractivity contribution is 0.0342. The summed E-state index contributed by atoms with van der Waals surface area (Å²) in [5, 5.41) is 10.6. The molecule has 0 saturated carbocycles. The van der Waals surface area contributed by atoms with Crippen LogP contribution < -0.4 is 0 Å². The van der Waals surface area contributed by atoms with Crippen molar-refractivity contribution in [1.82, 2.24) is 14.9 Å². The van der Waals surface area contributed by atoms with Crippen LogP contribution in [-0.2, 0) is 11.3 Å². The molecule has 2 aromatic heterocycles. The maximum atomic E-state index is 9.51. The van der Waals surface area contributed by atoms with Crippen molar-refractivity contribution in [2.75, 3.05) is 26.3 Å². The van der Waals surface area contributed by atoms with Gasteiger partial charge in [-0.3, -0.25) is 4.90 Å². The van der Waals surface area contributed by atoms with Gasteiger partial charge in [0.15, 0.2) is 0 Å². The molecule has 5 nitrogen and oxygen atoms in total. The molecular weight excluding hydrogens is 420 g/mol. The first kappa shape index (κ1) is 22.3. The number of nitrogens with zero attached hydrogens (tertiary/aromatic N) is 3. The lowest BCUT2D eigenvalue weighted by Crippen LogP contribution is -2.35. The van der Waals surface area contributed by atoms with E-state index in [-0.39, 0.29) is 5.92 Å². The van der Waals surface area contributed by atoms with Crippen LogP contribution >= 0.6 is 0 Å². The molecule has 0 unspecified atom stereocenters. The Kier molecular flexibility index (Phi) is 6.19. The number of rotatable bonds is 5. The molecule has 5 heteroatoms. The molecule has 0 aliphatic carbocycles. The fourth-order valence-corrected chi connectivity index (χ4v) is 4.81. The zero-order valence-corrected chi connectivity index (χ0v) is 20.1. The summed E-state index contributed by atoms with van der Waals surface area (Å²) in [5.41, 5.74) is 9.76. The highest BCUT2D eigenvalue weighted by atomic mass is 16.5. The number of nitrogens with one attached hydrogen (secondary N) is 1. The third kappa shape index (κ3) is 4.35. The van der Waals surface area contributed by atoms with E-state index >= 15 is 0 Å². The summed E-state index contributed by atoms with van der Waals surface area (Å²) in [5.74, 6) is 0.283. The van der Waals surface area contributed by atoms with E-state index in [9.17, 15) is 5.26 Å². The van der Waals surface area contributed by atoms with Crippen molar-refractivity contribution < 1.29 is 4.74 Å². The number of hydrogen-bond donors (Lipinski definition) is 1. The Morgan fingerprint density at radius 2 is 1.88 bits per heavy atom. The van der Waals surface area contributed by atoms with Gasteiger partial charge in [-0.2, -0.15) is 5.26 Å². The minimum absolute atomic E-state index is 0.283. The van der Waals surface area contributed by atoms with Gasteiger partial charge in [0.1, 0.15) is 5.65 Å². The van der Waals surface area contributed by atoms with Crippen LogP contribution in [0.1, 0.15) is 42.0 Å². The largest absolute Gasteiger partial charge is 0.379 e. The molecule has 0 amide bonds. The summed E-state index contributed by atoms with van der Waals surface area (Å²) >= 11 is 0. The molecular formula is C29H30N4O. The van der Waals surface area contributed by atoms with Crippen LogP contribution in [-0.4, -0.2) is 41.2 Å². The average Bonchev–Trinajstić information content (AvgIpc) is 3.29. The predicted molar refractivity (Wildman–Crippen MR) is 137 cm³/mol. The van der Waals surface area contributed by atoms with Crippen molar-refractivity contribution in [2.45, 2.75) is 33.2 Å². The van der Waals surface area contributed by atoms with E-state index in [0.29, 0.717) is 0 Å². The van der Waals surface area contributed by atoms with Gasteiger partial charge in [-0.25, -0.2) is 4.98 Å². The van der Waals surface area contributed by atoms with E-state index in [1.807, 2.05) is 18.3 Å². The number of aromatic amines is 1. The van der Waals surface area contributed by atoms with Gasteiger partial charge in [0.05, 0.1) is 24.8 Å². The van der Waals surface area contributed by atoms with Gasteiger partial charge in [0.25, 0.3) is 0 Å². The van der Waals surface area contributed by atoms with E-state index in [1.165, 1.54) is 16.7 Å². The zero-order chi connectivity index (χ0) is 23.7. The highest BCUT2D eigenvalue weighted by Crippen LogP contribution is 2.34. The van der Waals surface area contributed by atoms with Crippen molar-refractivity contribution in [1.29, 1.82) is 5.26 Å². The van der Waals surface area contributed by atoms with Crippen LogP contribution in [0, 0.1) is 18.3 Å². The fraction of sp³-hybridized carbons (Fsp3) is 0.310. The number of aromatic nitrogens is 2. The van der Waals surface area contributed by atoms with Crippen LogP contribution in [0.25, 0.3) is 33.4 Å². The van der Waals surface area contributed by atoms with Crippen LogP contribution in [0.5, 0.6) is 0 Å². The van der Waals surface area contributed by atoms with E-state index < -0.39 is 0 Å². The summed E-state index contributed by atoms with van der Waals surface area (Å²) in [6.45, 7) is 10.9. The summed E-state index contributed by atoms with van der Waals surface area (Å²) in [6.07, 6.45) is 1.85. The monoisotopic (exact) mass is 450 g/mol. The number of benzene rings is 2. The van der Waals surface area contributed by atoms with Crippen LogP contribution in [0.4, 0.5) is 0 Å². The number of morpholine rings is 1. The van der Waals surface area contributed by atoms with Gasteiger partial charge >= 0.3 is 0 Å². The van der Waals surface area contributed by atoms with E-state index in [1.54, 1.807) is 0 Å². The third-order valence-electron chi connectivity index (χ3n) is 6.74. The minimum atomic E-state index is 0.283. The first-order chi connectivity index (χ1) is 16.5. The molecule has 1 saturated heterocycles. The van der Waals surface area contributed by atoms with E-state index in [2.05, 4.69) is 78.1 Å². The van der Waals surface area contributed by atoms with Crippen molar-refractivity contribution >= 4 is 11.0 Å². The van der Waals surface area contributed by atoms with Gasteiger partial charge in [-0.1, -0.05) is 32.0 Å². The number of pyridine rings is 1. The molecule has 172 valence electrons. The number of fused-ring (bicyclic) bond motifs is 1. The zero-order valence-electron chi connectivity index (χ0n) is 20.1. The molecule has 1 aliphatic rings. The number of H-pyrrole nitrogens is 1. The average molecular weight is 451 g/mol. The van der Waals surface area contributed by atoms with Gasteiger partial charge in [0.2, 0.25) is 0 Å². The molecule has 0 spiro atoms. The molecule has 0 atom stereocenters. The van der Waals surface area contributed by atoms with Gasteiger partial charge in [-0.15, -0.1) is 0 Å². The standard InChI is InChI=1S/C29H30N4O/c1-19(2)25-15-22(6-7-23(25)17-30)24-8-9-31-29-27(24)16-28(32-29)26-14-21(5-4-20(26)3)18-33-10-12-34-13-11-33/h4-9,14-16,19H,10-13,18H2,1-3H3,(H,31,32). The first-order valence-electron chi connectivity index (χ1n) is 12.0. The second kappa shape index (κ2) is 9.42. The number of ether oxygens (including phenoxy) is 1. The van der Waals surface area contributed by atoms with Crippen molar-refractivity contribution in [3.63, 3.8) is 0 Å². The molecule has 2 aromatic carbocycles. The highest BCUT2D eigenvalue weighted by molar-refractivity contribution is 5.96. The van der Waals surface area contributed by atoms with Gasteiger partial charge in [0, 0.05) is 42.5 Å². The second-order valence-electron chi connectivity index (χ2n) is 9.41. The van der Waals surface area contributed by atoms with Crippen LogP contribution in [0.15, 0.2) is 54.7 Å².